The van der Waals surface area contributed by atoms with Crippen LogP contribution < -0.4 is 9.64 Å². The zero-order valence-corrected chi connectivity index (χ0v) is 21.9. The van der Waals surface area contributed by atoms with Crippen LogP contribution in [0.25, 0.3) is 17.2 Å². The van der Waals surface area contributed by atoms with Gasteiger partial charge in [0.05, 0.1) is 0 Å². The summed E-state index contributed by atoms with van der Waals surface area (Å²) in [5, 5.41) is 0. The van der Waals surface area contributed by atoms with Crippen LogP contribution in [0.4, 0.5) is 5.82 Å². The van der Waals surface area contributed by atoms with E-state index in [9.17, 15) is 0 Å². The lowest BCUT2D eigenvalue weighted by molar-refractivity contribution is 0.0891. The number of anilines is 1. The van der Waals surface area contributed by atoms with Crippen molar-refractivity contribution in [2.75, 3.05) is 18.0 Å². The first-order valence-corrected chi connectivity index (χ1v) is 13.2. The number of aromatic nitrogens is 2. The van der Waals surface area contributed by atoms with Crippen LogP contribution >= 0.6 is 0 Å². The molecule has 1 aromatic heterocycles. The zero-order valence-electron chi connectivity index (χ0n) is 21.9. The molecule has 37 heavy (non-hydrogen) atoms. The Morgan fingerprint density at radius 3 is 2.35 bits per heavy atom. The van der Waals surface area contributed by atoms with E-state index in [1.807, 2.05) is 6.92 Å². The first kappa shape index (κ1) is 23.5. The Hall–Kier alpha value is -3.92. The van der Waals surface area contributed by atoms with Gasteiger partial charge in [-0.2, -0.15) is 0 Å². The first-order chi connectivity index (χ1) is 18.0. The molecule has 0 saturated carbocycles. The summed E-state index contributed by atoms with van der Waals surface area (Å²) in [5.41, 5.74) is 8.20. The van der Waals surface area contributed by atoms with Gasteiger partial charge in [-0.1, -0.05) is 72.3 Å². The zero-order chi connectivity index (χ0) is 25.4. The molecule has 0 radical (unpaired) electrons. The maximum Gasteiger partial charge on any atom is 0.136 e. The first-order valence-electron chi connectivity index (χ1n) is 13.2. The van der Waals surface area contributed by atoms with Crippen molar-refractivity contribution in [2.24, 2.45) is 0 Å². The highest BCUT2D eigenvalue weighted by molar-refractivity contribution is 5.72. The molecule has 6 rings (SSSR count). The van der Waals surface area contributed by atoms with Crippen LogP contribution in [0.2, 0.25) is 0 Å². The number of hydrogen-bond acceptors (Lipinski definition) is 4. The lowest BCUT2D eigenvalue weighted by Gasteiger charge is -2.42. The van der Waals surface area contributed by atoms with E-state index in [-0.39, 0.29) is 5.60 Å². The summed E-state index contributed by atoms with van der Waals surface area (Å²) in [6.45, 7) is 8.03. The van der Waals surface area contributed by atoms with E-state index in [1.54, 1.807) is 0 Å². The number of hydrogen-bond donors (Lipinski definition) is 0. The SMILES string of the molecule is Cc1ccc(Cc2c(C)nc(C)nc2N2CCC3(C=Cc4cc(-c5ccccc5)ccc4O3)CC2)cc1. The van der Waals surface area contributed by atoms with E-state index in [1.165, 1.54) is 27.8 Å². The summed E-state index contributed by atoms with van der Waals surface area (Å²) in [6.07, 6.45) is 7.23. The second-order valence-corrected chi connectivity index (χ2v) is 10.4. The highest BCUT2D eigenvalue weighted by Gasteiger charge is 2.37. The molecule has 2 aliphatic rings. The van der Waals surface area contributed by atoms with E-state index < -0.39 is 0 Å². The van der Waals surface area contributed by atoms with Gasteiger partial charge in [-0.05, 0) is 55.7 Å². The van der Waals surface area contributed by atoms with Gasteiger partial charge in [-0.25, -0.2) is 9.97 Å². The molecule has 3 heterocycles. The summed E-state index contributed by atoms with van der Waals surface area (Å²) in [5.74, 6) is 2.88. The molecule has 0 unspecified atom stereocenters. The van der Waals surface area contributed by atoms with Gasteiger partial charge in [0.1, 0.15) is 23.0 Å². The average molecular weight is 488 g/mol. The average Bonchev–Trinajstić information content (AvgIpc) is 2.92. The van der Waals surface area contributed by atoms with Crippen molar-refractivity contribution in [2.45, 2.75) is 45.6 Å². The second kappa shape index (κ2) is 9.51. The molecule has 1 fully saturated rings. The summed E-state index contributed by atoms with van der Waals surface area (Å²) in [7, 11) is 0. The molecule has 1 saturated heterocycles. The van der Waals surface area contributed by atoms with Crippen molar-refractivity contribution in [1.82, 2.24) is 9.97 Å². The predicted molar refractivity (Wildman–Crippen MR) is 151 cm³/mol. The molecule has 3 aromatic carbocycles. The minimum atomic E-state index is -0.258. The predicted octanol–water partition coefficient (Wildman–Crippen LogP) is 7.10. The van der Waals surface area contributed by atoms with Crippen LogP contribution in [-0.2, 0) is 6.42 Å². The molecule has 4 aromatic rings. The third-order valence-electron chi connectivity index (χ3n) is 7.71. The molecule has 2 aliphatic heterocycles. The molecular weight excluding hydrogens is 454 g/mol. The number of rotatable bonds is 4. The molecule has 0 amide bonds. The largest absolute Gasteiger partial charge is 0.482 e. The molecule has 0 aliphatic carbocycles. The van der Waals surface area contributed by atoms with Gasteiger partial charge in [0, 0.05) is 49.2 Å². The Bertz CT molecular complexity index is 1450. The van der Waals surface area contributed by atoms with Crippen molar-refractivity contribution < 1.29 is 4.74 Å². The van der Waals surface area contributed by atoms with Gasteiger partial charge < -0.3 is 9.64 Å². The summed E-state index contributed by atoms with van der Waals surface area (Å²) >= 11 is 0. The highest BCUT2D eigenvalue weighted by atomic mass is 16.5. The molecule has 0 N–H and O–H groups in total. The Kier molecular flexibility index (Phi) is 6.03. The van der Waals surface area contributed by atoms with E-state index in [2.05, 4.69) is 104 Å². The van der Waals surface area contributed by atoms with E-state index >= 15 is 0 Å². The number of fused-ring (bicyclic) bond motifs is 1. The number of benzene rings is 3. The van der Waals surface area contributed by atoms with E-state index in [0.29, 0.717) is 0 Å². The fourth-order valence-corrected chi connectivity index (χ4v) is 5.54. The van der Waals surface area contributed by atoms with Gasteiger partial charge in [0.25, 0.3) is 0 Å². The van der Waals surface area contributed by atoms with Crippen molar-refractivity contribution in [3.8, 4) is 16.9 Å². The van der Waals surface area contributed by atoms with Crippen LogP contribution in [0, 0.1) is 20.8 Å². The van der Waals surface area contributed by atoms with Crippen LogP contribution in [0.3, 0.4) is 0 Å². The van der Waals surface area contributed by atoms with Crippen molar-refractivity contribution in [3.63, 3.8) is 0 Å². The molecule has 0 bridgehead atoms. The fourth-order valence-electron chi connectivity index (χ4n) is 5.54. The maximum atomic E-state index is 6.67. The van der Waals surface area contributed by atoms with Gasteiger partial charge in [0.15, 0.2) is 0 Å². The summed E-state index contributed by atoms with van der Waals surface area (Å²) < 4.78 is 6.67. The smallest absolute Gasteiger partial charge is 0.136 e. The van der Waals surface area contributed by atoms with Crippen molar-refractivity contribution in [3.05, 3.63) is 113 Å². The third kappa shape index (κ3) is 4.76. The van der Waals surface area contributed by atoms with Crippen LogP contribution in [0.5, 0.6) is 5.75 Å². The Morgan fingerprint density at radius 2 is 1.59 bits per heavy atom. The molecule has 4 heteroatoms. The Labute approximate surface area is 219 Å². The van der Waals surface area contributed by atoms with E-state index in [0.717, 1.165) is 61.0 Å². The van der Waals surface area contributed by atoms with Crippen molar-refractivity contribution in [1.29, 1.82) is 0 Å². The molecule has 4 nitrogen and oxygen atoms in total. The highest BCUT2D eigenvalue weighted by Crippen LogP contribution is 2.40. The minimum absolute atomic E-state index is 0.258. The van der Waals surface area contributed by atoms with Gasteiger partial charge in [-0.15, -0.1) is 0 Å². The topological polar surface area (TPSA) is 38.2 Å². The number of nitrogens with zero attached hydrogens (tertiary/aromatic N) is 3. The molecule has 1 spiro atoms. The summed E-state index contributed by atoms with van der Waals surface area (Å²) in [6, 6.07) is 25.8. The van der Waals surface area contributed by atoms with Crippen LogP contribution in [0.15, 0.2) is 78.9 Å². The fraction of sp³-hybridized carbons (Fsp3) is 0.273. The van der Waals surface area contributed by atoms with Gasteiger partial charge in [0.2, 0.25) is 0 Å². The van der Waals surface area contributed by atoms with Crippen LogP contribution in [0.1, 0.15) is 46.6 Å². The second-order valence-electron chi connectivity index (χ2n) is 10.4. The third-order valence-corrected chi connectivity index (χ3v) is 7.71. The van der Waals surface area contributed by atoms with Gasteiger partial charge in [-0.3, -0.25) is 0 Å². The standard InChI is InChI=1S/C33H33N3O/c1-23-9-11-26(12-10-23)21-30-24(2)34-25(3)35-32(30)36-19-17-33(18-20-36)16-15-29-22-28(13-14-31(29)37-33)27-7-5-4-6-8-27/h4-16,22H,17-21H2,1-3H3. The Morgan fingerprint density at radius 1 is 0.838 bits per heavy atom. The van der Waals surface area contributed by atoms with Crippen molar-refractivity contribution >= 4 is 11.9 Å². The van der Waals surface area contributed by atoms with E-state index in [4.69, 9.17) is 14.7 Å². The Balaban J connectivity index is 1.21. The molecule has 186 valence electrons. The molecule has 0 atom stereocenters. The lowest BCUT2D eigenvalue weighted by Crippen LogP contribution is -2.48. The summed E-state index contributed by atoms with van der Waals surface area (Å²) in [4.78, 5) is 12.1. The number of piperidine rings is 1. The van der Waals surface area contributed by atoms with Crippen LogP contribution in [-0.4, -0.2) is 28.7 Å². The number of aryl methyl sites for hydroxylation is 3. The van der Waals surface area contributed by atoms with Gasteiger partial charge >= 0.3 is 0 Å². The monoisotopic (exact) mass is 487 g/mol. The molecular formula is C33H33N3O. The normalized spacial score (nSPS) is 15.9. The maximum absolute atomic E-state index is 6.67. The minimum Gasteiger partial charge on any atom is -0.482 e. The quantitative estimate of drug-likeness (QED) is 0.308. The lowest BCUT2D eigenvalue weighted by atomic mass is 9.87. The number of ether oxygens (including phenoxy) is 1.